The minimum atomic E-state index is -0.194. The molecule has 0 spiro atoms. The predicted octanol–water partition coefficient (Wildman–Crippen LogP) is 2.83. The minimum absolute atomic E-state index is 0.0619. The fourth-order valence-electron chi connectivity index (χ4n) is 2.25. The van der Waals surface area contributed by atoms with E-state index in [9.17, 15) is 4.79 Å². The first-order valence-electron chi connectivity index (χ1n) is 5.88. The van der Waals surface area contributed by atoms with Gasteiger partial charge in [0.2, 0.25) is 5.95 Å². The Labute approximate surface area is 118 Å². The van der Waals surface area contributed by atoms with Crippen molar-refractivity contribution in [1.82, 2.24) is 9.97 Å². The van der Waals surface area contributed by atoms with Gasteiger partial charge in [0.05, 0.1) is 10.8 Å². The second-order valence-electron chi connectivity index (χ2n) is 4.44. The topological polar surface area (TPSA) is 71.8 Å². The molecule has 3 rings (SSSR count). The van der Waals surface area contributed by atoms with Crippen LogP contribution < -0.4 is 11.3 Å². The van der Waals surface area contributed by atoms with Crippen LogP contribution in [0.25, 0.3) is 15.8 Å². The molecule has 1 unspecified atom stereocenters. The van der Waals surface area contributed by atoms with Gasteiger partial charge in [-0.05, 0) is 24.5 Å². The molecule has 2 aromatic rings. The normalized spacial score (nSPS) is 18.8. The average molecular weight is 294 g/mol. The molecule has 0 fully saturated rings. The van der Waals surface area contributed by atoms with E-state index in [1.807, 2.05) is 25.2 Å². The second-order valence-corrected chi connectivity index (χ2v) is 5.97. The maximum Gasteiger partial charge on any atom is 0.261 e. The van der Waals surface area contributed by atoms with E-state index >= 15 is 0 Å². The SMILES string of the molecule is Cc1c(C2=CC=CCC2Cl)sc2nc(N)[nH]c(=O)c12. The number of halogens is 1. The highest BCUT2D eigenvalue weighted by Gasteiger charge is 2.21. The van der Waals surface area contributed by atoms with E-state index in [1.165, 1.54) is 11.3 Å². The monoisotopic (exact) mass is 293 g/mol. The Hall–Kier alpha value is -1.59. The minimum Gasteiger partial charge on any atom is -0.369 e. The van der Waals surface area contributed by atoms with Gasteiger partial charge in [-0.25, -0.2) is 4.98 Å². The summed E-state index contributed by atoms with van der Waals surface area (Å²) < 4.78 is 0. The number of aryl methyl sites for hydroxylation is 1. The van der Waals surface area contributed by atoms with Crippen molar-refractivity contribution in [2.45, 2.75) is 18.7 Å². The van der Waals surface area contributed by atoms with E-state index in [-0.39, 0.29) is 16.9 Å². The van der Waals surface area contributed by atoms with Gasteiger partial charge >= 0.3 is 0 Å². The maximum absolute atomic E-state index is 12.0. The number of aromatic nitrogens is 2. The summed E-state index contributed by atoms with van der Waals surface area (Å²) in [5, 5.41) is 0.543. The van der Waals surface area contributed by atoms with Crippen molar-refractivity contribution < 1.29 is 0 Å². The van der Waals surface area contributed by atoms with E-state index in [0.717, 1.165) is 22.4 Å². The van der Waals surface area contributed by atoms with Gasteiger partial charge in [0.25, 0.3) is 5.56 Å². The number of nitrogens with two attached hydrogens (primary N) is 1. The van der Waals surface area contributed by atoms with Crippen molar-refractivity contribution >= 4 is 44.7 Å². The molecule has 0 radical (unpaired) electrons. The zero-order chi connectivity index (χ0) is 13.6. The Balaban J connectivity index is 2.29. The summed E-state index contributed by atoms with van der Waals surface area (Å²) >= 11 is 7.81. The zero-order valence-corrected chi connectivity index (χ0v) is 11.8. The van der Waals surface area contributed by atoms with Crippen LogP contribution in [0.4, 0.5) is 5.95 Å². The maximum atomic E-state index is 12.0. The molecule has 0 aliphatic heterocycles. The highest BCUT2D eigenvalue weighted by molar-refractivity contribution is 7.19. The van der Waals surface area contributed by atoms with Gasteiger partial charge in [0.1, 0.15) is 4.83 Å². The molecule has 2 heterocycles. The molecular formula is C13H12ClN3OS. The highest BCUT2D eigenvalue weighted by atomic mass is 35.5. The smallest absolute Gasteiger partial charge is 0.261 e. The lowest BCUT2D eigenvalue weighted by Crippen LogP contribution is -2.10. The number of nitrogens with zero attached hydrogens (tertiary/aromatic N) is 1. The molecule has 1 aliphatic carbocycles. The number of fused-ring (bicyclic) bond motifs is 1. The molecule has 1 atom stereocenters. The van der Waals surface area contributed by atoms with E-state index < -0.39 is 0 Å². The van der Waals surface area contributed by atoms with Gasteiger partial charge in [-0.3, -0.25) is 9.78 Å². The van der Waals surface area contributed by atoms with Crippen molar-refractivity contribution in [2.24, 2.45) is 0 Å². The third-order valence-electron chi connectivity index (χ3n) is 3.17. The molecule has 98 valence electrons. The summed E-state index contributed by atoms with van der Waals surface area (Å²) in [4.78, 5) is 20.4. The molecule has 0 amide bonds. The lowest BCUT2D eigenvalue weighted by molar-refractivity contribution is 1.06. The van der Waals surface area contributed by atoms with E-state index in [2.05, 4.69) is 9.97 Å². The van der Waals surface area contributed by atoms with Crippen LogP contribution in [0.1, 0.15) is 16.9 Å². The number of allylic oxidation sites excluding steroid dienone is 4. The Bertz CT molecular complexity index is 772. The van der Waals surface area contributed by atoms with Crippen LogP contribution in [0.2, 0.25) is 0 Å². The van der Waals surface area contributed by atoms with Gasteiger partial charge in [-0.15, -0.1) is 22.9 Å². The fraction of sp³-hybridized carbons (Fsp3) is 0.231. The summed E-state index contributed by atoms with van der Waals surface area (Å²) in [6.07, 6.45) is 6.82. The van der Waals surface area contributed by atoms with Crippen LogP contribution in [0.5, 0.6) is 0 Å². The van der Waals surface area contributed by atoms with E-state index in [1.54, 1.807) is 0 Å². The van der Waals surface area contributed by atoms with Crippen molar-refractivity contribution in [3.05, 3.63) is 39.0 Å². The summed E-state index contributed by atoms with van der Waals surface area (Å²) in [6.45, 7) is 1.92. The predicted molar refractivity (Wildman–Crippen MR) is 80.8 cm³/mol. The van der Waals surface area contributed by atoms with Crippen molar-refractivity contribution in [2.75, 3.05) is 5.73 Å². The third kappa shape index (κ3) is 1.99. The number of thiophene rings is 1. The Kier molecular flexibility index (Phi) is 2.95. The molecule has 19 heavy (non-hydrogen) atoms. The van der Waals surface area contributed by atoms with Crippen molar-refractivity contribution in [3.63, 3.8) is 0 Å². The van der Waals surface area contributed by atoms with Crippen molar-refractivity contribution in [1.29, 1.82) is 0 Å². The largest absolute Gasteiger partial charge is 0.369 e. The van der Waals surface area contributed by atoms with Gasteiger partial charge < -0.3 is 5.73 Å². The third-order valence-corrected chi connectivity index (χ3v) is 4.82. The molecular weight excluding hydrogens is 282 g/mol. The van der Waals surface area contributed by atoms with Gasteiger partial charge in [0, 0.05) is 4.88 Å². The summed E-state index contributed by atoms with van der Waals surface area (Å²) in [5.41, 5.74) is 7.35. The lowest BCUT2D eigenvalue weighted by atomic mass is 10.00. The van der Waals surface area contributed by atoms with E-state index in [0.29, 0.717) is 10.2 Å². The molecule has 1 aliphatic rings. The second kappa shape index (κ2) is 4.51. The fourth-order valence-corrected chi connectivity index (χ4v) is 3.87. The number of hydrogen-bond acceptors (Lipinski definition) is 4. The highest BCUT2D eigenvalue weighted by Crippen LogP contribution is 2.37. The van der Waals surface area contributed by atoms with Crippen LogP contribution in [-0.4, -0.2) is 15.3 Å². The standard InChI is InChI=1S/C13H12ClN3OS/c1-6-9-11(18)16-13(15)17-12(9)19-10(6)7-4-2-3-5-8(7)14/h2-4,8H,5H2,1H3,(H3,15,16,17,18). The number of nitrogen functional groups attached to an aromatic ring is 1. The summed E-state index contributed by atoms with van der Waals surface area (Å²) in [5.74, 6) is 0.144. The number of rotatable bonds is 1. The van der Waals surface area contributed by atoms with Gasteiger partial charge in [-0.1, -0.05) is 18.2 Å². The quantitative estimate of drug-likeness (QED) is 0.794. The first-order valence-corrected chi connectivity index (χ1v) is 7.13. The molecule has 6 heteroatoms. The molecule has 0 aromatic carbocycles. The van der Waals surface area contributed by atoms with Crippen molar-refractivity contribution in [3.8, 4) is 0 Å². The van der Waals surface area contributed by atoms with Crippen LogP contribution in [-0.2, 0) is 0 Å². The van der Waals surface area contributed by atoms with Crippen LogP contribution in [0.15, 0.2) is 23.0 Å². The molecule has 0 bridgehead atoms. The van der Waals surface area contributed by atoms with Crippen LogP contribution in [0.3, 0.4) is 0 Å². The molecule has 0 saturated carbocycles. The number of nitrogens with one attached hydrogen (secondary N) is 1. The number of anilines is 1. The average Bonchev–Trinajstić information content (AvgIpc) is 2.67. The molecule has 4 nitrogen and oxygen atoms in total. The Morgan fingerprint density at radius 1 is 1.58 bits per heavy atom. The number of H-pyrrole nitrogens is 1. The van der Waals surface area contributed by atoms with Crippen LogP contribution >= 0.6 is 22.9 Å². The summed E-state index contributed by atoms with van der Waals surface area (Å²) in [7, 11) is 0. The Morgan fingerprint density at radius 2 is 2.37 bits per heavy atom. The van der Waals surface area contributed by atoms with Gasteiger partial charge in [0.15, 0.2) is 0 Å². The molecule has 2 aromatic heterocycles. The number of alkyl halides is 1. The zero-order valence-electron chi connectivity index (χ0n) is 10.2. The first kappa shape index (κ1) is 12.4. The molecule has 3 N–H and O–H groups in total. The van der Waals surface area contributed by atoms with Gasteiger partial charge in [-0.2, -0.15) is 0 Å². The lowest BCUT2D eigenvalue weighted by Gasteiger charge is -2.14. The number of hydrogen-bond donors (Lipinski definition) is 2. The summed E-state index contributed by atoms with van der Waals surface area (Å²) in [6, 6.07) is 0. The van der Waals surface area contributed by atoms with E-state index in [4.69, 9.17) is 17.3 Å². The Morgan fingerprint density at radius 3 is 3.11 bits per heavy atom. The van der Waals surface area contributed by atoms with Crippen LogP contribution in [0, 0.1) is 6.92 Å². The molecule has 0 saturated heterocycles. The first-order chi connectivity index (χ1) is 9.08. The number of aromatic amines is 1.